The van der Waals surface area contributed by atoms with Gasteiger partial charge >= 0.3 is 5.97 Å². The van der Waals surface area contributed by atoms with Crippen molar-refractivity contribution >= 4 is 5.97 Å². The number of aromatic nitrogens is 1. The molecule has 5 nitrogen and oxygen atoms in total. The highest BCUT2D eigenvalue weighted by Gasteiger charge is 2.43. The largest absolute Gasteiger partial charge is 0.493 e. The van der Waals surface area contributed by atoms with Gasteiger partial charge in [0.15, 0.2) is 0 Å². The van der Waals surface area contributed by atoms with Gasteiger partial charge < -0.3 is 14.6 Å². The first-order valence-corrected chi connectivity index (χ1v) is 7.73. The molecule has 1 heterocycles. The van der Waals surface area contributed by atoms with E-state index in [0.29, 0.717) is 25.5 Å². The second-order valence-electron chi connectivity index (χ2n) is 5.57. The summed E-state index contributed by atoms with van der Waals surface area (Å²) < 4.78 is 11.2. The van der Waals surface area contributed by atoms with E-state index in [1.54, 1.807) is 6.20 Å². The van der Waals surface area contributed by atoms with Crippen LogP contribution in [0.4, 0.5) is 0 Å². The van der Waals surface area contributed by atoms with Gasteiger partial charge in [0, 0.05) is 17.7 Å². The van der Waals surface area contributed by atoms with Crippen molar-refractivity contribution in [3.63, 3.8) is 0 Å². The van der Waals surface area contributed by atoms with E-state index in [1.807, 2.05) is 43.3 Å². The first-order chi connectivity index (χ1) is 11.2. The number of nitrogens with zero attached hydrogens (tertiary/aromatic N) is 1. The van der Waals surface area contributed by atoms with Crippen LogP contribution in [0.2, 0.25) is 0 Å². The predicted octanol–water partition coefficient (Wildman–Crippen LogP) is 3.25. The molecule has 2 atom stereocenters. The van der Waals surface area contributed by atoms with Crippen LogP contribution >= 0.6 is 0 Å². The Morgan fingerprint density at radius 2 is 2.04 bits per heavy atom. The Balaban J connectivity index is 1.64. The number of carbonyl (C=O) groups is 1. The minimum atomic E-state index is -0.728. The van der Waals surface area contributed by atoms with E-state index < -0.39 is 5.97 Å². The lowest BCUT2D eigenvalue weighted by Gasteiger charge is -2.10. The van der Waals surface area contributed by atoms with E-state index in [2.05, 4.69) is 4.98 Å². The number of hydrogen-bond donors (Lipinski definition) is 1. The molecule has 0 unspecified atom stereocenters. The van der Waals surface area contributed by atoms with Crippen molar-refractivity contribution in [2.24, 2.45) is 11.8 Å². The highest BCUT2D eigenvalue weighted by Crippen LogP contribution is 2.39. The molecule has 1 saturated carbocycles. The Morgan fingerprint density at radius 1 is 1.26 bits per heavy atom. The number of ether oxygens (including phenoxy) is 2. The second-order valence-corrected chi connectivity index (χ2v) is 5.57. The van der Waals surface area contributed by atoms with E-state index in [-0.39, 0.29) is 11.8 Å². The highest BCUT2D eigenvalue weighted by atomic mass is 16.5. The first-order valence-electron chi connectivity index (χ1n) is 7.73. The third-order valence-electron chi connectivity index (χ3n) is 3.92. The molecule has 2 aromatic rings. The fraction of sp³-hybridized carbons (Fsp3) is 0.333. The van der Waals surface area contributed by atoms with Crippen molar-refractivity contribution in [3.05, 3.63) is 42.6 Å². The van der Waals surface area contributed by atoms with Crippen molar-refractivity contribution in [1.29, 1.82) is 0 Å². The maximum Gasteiger partial charge on any atom is 0.306 e. The van der Waals surface area contributed by atoms with E-state index in [1.165, 1.54) is 0 Å². The van der Waals surface area contributed by atoms with Crippen molar-refractivity contribution in [2.45, 2.75) is 13.3 Å². The van der Waals surface area contributed by atoms with E-state index >= 15 is 0 Å². The number of carboxylic acids is 1. The molecule has 0 spiro atoms. The van der Waals surface area contributed by atoms with Gasteiger partial charge in [-0.1, -0.05) is 12.1 Å². The smallest absolute Gasteiger partial charge is 0.306 e. The molecular weight excluding hydrogens is 294 g/mol. The van der Waals surface area contributed by atoms with Crippen LogP contribution in [0.5, 0.6) is 11.6 Å². The molecule has 1 aromatic carbocycles. The van der Waals surface area contributed by atoms with Crippen LogP contribution in [0.3, 0.4) is 0 Å². The van der Waals surface area contributed by atoms with Crippen molar-refractivity contribution in [3.8, 4) is 22.8 Å². The van der Waals surface area contributed by atoms with Gasteiger partial charge in [-0.2, -0.15) is 0 Å². The summed E-state index contributed by atoms with van der Waals surface area (Å²) in [7, 11) is 0. The van der Waals surface area contributed by atoms with Gasteiger partial charge in [0.2, 0.25) is 5.88 Å². The average molecular weight is 313 g/mol. The Bertz CT molecular complexity index is 684. The van der Waals surface area contributed by atoms with Crippen LogP contribution < -0.4 is 9.47 Å². The molecule has 0 amide bonds. The molecule has 1 N–H and O–H groups in total. The lowest BCUT2D eigenvalue weighted by Crippen LogP contribution is -2.06. The molecule has 0 bridgehead atoms. The number of aliphatic carboxylic acids is 1. The van der Waals surface area contributed by atoms with Crippen LogP contribution in [0.25, 0.3) is 11.1 Å². The fourth-order valence-corrected chi connectivity index (χ4v) is 2.53. The van der Waals surface area contributed by atoms with Crippen LogP contribution in [-0.4, -0.2) is 29.3 Å². The third kappa shape index (κ3) is 3.62. The Kier molecular flexibility index (Phi) is 4.46. The van der Waals surface area contributed by atoms with Crippen LogP contribution in [0.15, 0.2) is 42.6 Å². The quantitative estimate of drug-likeness (QED) is 0.850. The normalized spacial score (nSPS) is 19.2. The Labute approximate surface area is 134 Å². The zero-order chi connectivity index (χ0) is 16.2. The summed E-state index contributed by atoms with van der Waals surface area (Å²) in [6.07, 6.45) is 2.42. The topological polar surface area (TPSA) is 68.7 Å². The SMILES string of the molecule is CCOc1ncccc1-c1ccc(OC[C@@H]2C[C@H]2C(=O)O)cc1. The van der Waals surface area contributed by atoms with Crippen molar-refractivity contribution in [2.75, 3.05) is 13.2 Å². The summed E-state index contributed by atoms with van der Waals surface area (Å²) in [5.41, 5.74) is 1.94. The van der Waals surface area contributed by atoms with Crippen LogP contribution in [-0.2, 0) is 4.79 Å². The molecule has 23 heavy (non-hydrogen) atoms. The van der Waals surface area contributed by atoms with Gasteiger partial charge in [-0.05, 0) is 43.2 Å². The molecule has 1 fully saturated rings. The maximum atomic E-state index is 10.8. The summed E-state index contributed by atoms with van der Waals surface area (Å²) in [6, 6.07) is 11.5. The summed E-state index contributed by atoms with van der Waals surface area (Å²) in [5, 5.41) is 8.88. The van der Waals surface area contributed by atoms with Gasteiger partial charge in [-0.3, -0.25) is 4.79 Å². The lowest BCUT2D eigenvalue weighted by atomic mass is 10.1. The summed E-state index contributed by atoms with van der Waals surface area (Å²) in [5.74, 6) is 0.528. The molecule has 1 aliphatic rings. The summed E-state index contributed by atoms with van der Waals surface area (Å²) in [6.45, 7) is 2.95. The van der Waals surface area contributed by atoms with Crippen molar-refractivity contribution in [1.82, 2.24) is 4.98 Å². The minimum absolute atomic E-state index is 0.134. The number of hydrogen-bond acceptors (Lipinski definition) is 4. The van der Waals surface area contributed by atoms with E-state index in [0.717, 1.165) is 16.9 Å². The van der Waals surface area contributed by atoms with Gasteiger partial charge in [-0.15, -0.1) is 0 Å². The molecule has 0 saturated heterocycles. The number of carboxylic acid groups (broad SMARTS) is 1. The van der Waals surface area contributed by atoms with Gasteiger partial charge in [0.25, 0.3) is 0 Å². The number of pyridine rings is 1. The zero-order valence-electron chi connectivity index (χ0n) is 12.9. The Hall–Kier alpha value is -2.56. The standard InChI is InChI=1S/C18H19NO4/c1-2-22-17-15(4-3-9-19-17)12-5-7-14(8-6-12)23-11-13-10-16(13)18(20)21/h3-9,13,16H,2,10-11H2,1H3,(H,20,21)/t13-,16+/m0/s1. The van der Waals surface area contributed by atoms with Crippen LogP contribution in [0, 0.1) is 11.8 Å². The van der Waals surface area contributed by atoms with Gasteiger partial charge in [0.1, 0.15) is 5.75 Å². The number of benzene rings is 1. The predicted molar refractivity (Wildman–Crippen MR) is 85.6 cm³/mol. The maximum absolute atomic E-state index is 10.8. The molecule has 0 aliphatic heterocycles. The Morgan fingerprint density at radius 3 is 2.70 bits per heavy atom. The molecular formula is C18H19NO4. The zero-order valence-corrected chi connectivity index (χ0v) is 12.9. The first kappa shape index (κ1) is 15.3. The lowest BCUT2D eigenvalue weighted by molar-refractivity contribution is -0.138. The molecule has 3 rings (SSSR count). The van der Waals surface area contributed by atoms with E-state index in [4.69, 9.17) is 14.6 Å². The van der Waals surface area contributed by atoms with E-state index in [9.17, 15) is 4.79 Å². The number of rotatable bonds is 7. The summed E-state index contributed by atoms with van der Waals surface area (Å²) >= 11 is 0. The molecule has 120 valence electrons. The van der Waals surface area contributed by atoms with Gasteiger partial charge in [0.05, 0.1) is 19.1 Å². The molecule has 1 aromatic heterocycles. The summed E-state index contributed by atoms with van der Waals surface area (Å²) in [4.78, 5) is 15.0. The third-order valence-corrected chi connectivity index (χ3v) is 3.92. The monoisotopic (exact) mass is 313 g/mol. The minimum Gasteiger partial charge on any atom is -0.493 e. The fourth-order valence-electron chi connectivity index (χ4n) is 2.53. The molecule has 0 radical (unpaired) electrons. The highest BCUT2D eigenvalue weighted by molar-refractivity contribution is 5.73. The van der Waals surface area contributed by atoms with Crippen molar-refractivity contribution < 1.29 is 19.4 Å². The average Bonchev–Trinajstić information content (AvgIpc) is 3.34. The molecule has 1 aliphatic carbocycles. The van der Waals surface area contributed by atoms with Crippen LogP contribution in [0.1, 0.15) is 13.3 Å². The second kappa shape index (κ2) is 6.69. The van der Waals surface area contributed by atoms with Gasteiger partial charge in [-0.25, -0.2) is 4.98 Å². The molecule has 5 heteroatoms.